The first-order valence-electron chi connectivity index (χ1n) is 21.8. The Kier molecular flexibility index (Phi) is 24.9. The maximum absolute atomic E-state index is 13.6. The molecule has 33 nitrogen and oxygen atoms in total. The lowest BCUT2D eigenvalue weighted by molar-refractivity contribution is -0.148. The Morgan fingerprint density at radius 3 is 2.24 bits per heavy atom. The number of phosphoric acid groups is 3. The maximum Gasteiger partial charge on any atom is 0.490 e. The highest BCUT2D eigenvalue weighted by Crippen LogP contribution is 2.66. The number of carbonyl (C=O) groups is 7. The molecule has 2 aromatic rings. The number of carboxylic acids is 3. The summed E-state index contributed by atoms with van der Waals surface area (Å²) in [7, 11) is -14.3. The third-order valence-corrected chi connectivity index (χ3v) is 17.1. The number of nitrogens with one attached hydrogen (secondary N) is 4. The number of azide groups is 1. The van der Waals surface area contributed by atoms with Gasteiger partial charge in [0.25, 0.3) is 0 Å². The Hall–Kier alpha value is -5.39. The zero-order chi connectivity index (χ0) is 56.3. The molecule has 416 valence electrons. The molecule has 0 radical (unpaired) electrons. The van der Waals surface area contributed by atoms with Gasteiger partial charge >= 0.3 is 41.4 Å². The second kappa shape index (κ2) is 29.2. The summed E-state index contributed by atoms with van der Waals surface area (Å²) in [6.45, 7) is 2.69. The number of hydrogen-bond donors (Lipinski definition) is 13. The molecule has 4 amide bonds. The summed E-state index contributed by atoms with van der Waals surface area (Å²) in [5, 5.41) is 51.5. The molecule has 0 aromatic carbocycles. The summed E-state index contributed by atoms with van der Waals surface area (Å²) in [6.07, 6.45) is -2.66. The molecule has 75 heavy (non-hydrogen) atoms. The van der Waals surface area contributed by atoms with E-state index in [2.05, 4.69) is 60.9 Å². The first-order valence-corrected chi connectivity index (χ1v) is 28.6. The SMILES string of the molecule is CC(C)(CCC(NC(=O)CCCCN=[N+]=[N-])C(=O)NC(CC(=O)O)C(=O)NC(CC(=O)O)C(=O)O)SSCCC(=O)NCC#Cc1cn(C2CC(O)C(COP(=O)(O)OP(=O)(O)OP(=O)(O)O)O2)c2ncnc(N)c12. The van der Waals surface area contributed by atoms with Crippen molar-refractivity contribution in [2.24, 2.45) is 5.11 Å². The molecule has 8 unspecified atom stereocenters. The van der Waals surface area contributed by atoms with Gasteiger partial charge in [-0.1, -0.05) is 38.5 Å². The standard InChI is InChI=1S/C37H54N11O22P3S2/c1-37(2,10-8-21(44-27(51)7-3-4-12-43-47-39)34(56)45-22(14-29(52)53)35(57)46-23(36(58)59)15-30(54)55)75-74-13-9-26(50)40-11-5-6-20-17-48(33-31(20)32(38)41-19-42-33)28-16-24(49)25(68-28)18-67-72(63,64)70-73(65,66)69-71(60,61)62/h17,19,21-25,28,49H,3-4,7-16,18H2,1-2H3,(H,40,50)(H,44,51)(H,45,56)(H,46,57)(H,52,53)(H,54,55)(H,58,59)(H,63,64)(H,65,66)(H2,38,41,42)(H2,60,61,62). The molecule has 1 fully saturated rings. The monoisotopic (exact) mass is 1160 g/mol. The lowest BCUT2D eigenvalue weighted by atomic mass is 10.0. The van der Waals surface area contributed by atoms with Crippen molar-refractivity contribution in [3.63, 3.8) is 0 Å². The zero-order valence-corrected chi connectivity index (χ0v) is 43.8. The molecule has 0 saturated carbocycles. The topological polar surface area (TPSA) is 523 Å². The number of phosphoric ester groups is 1. The van der Waals surface area contributed by atoms with Gasteiger partial charge in [-0.05, 0) is 45.1 Å². The third kappa shape index (κ3) is 23.2. The van der Waals surface area contributed by atoms with Gasteiger partial charge in [0, 0.05) is 47.4 Å². The van der Waals surface area contributed by atoms with Gasteiger partial charge in [-0.15, -0.1) is 0 Å². The molecular weight excluding hydrogens is 1110 g/mol. The van der Waals surface area contributed by atoms with Crippen LogP contribution >= 0.6 is 45.1 Å². The van der Waals surface area contributed by atoms with Gasteiger partial charge in [0.15, 0.2) is 0 Å². The molecule has 1 aliphatic heterocycles. The number of aliphatic hydroxyl groups is 1. The van der Waals surface area contributed by atoms with E-state index in [9.17, 15) is 72.4 Å². The van der Waals surface area contributed by atoms with Crippen LogP contribution in [-0.2, 0) is 65.1 Å². The first kappa shape index (κ1) is 63.9. The van der Waals surface area contributed by atoms with E-state index in [1.165, 1.54) is 32.4 Å². The predicted octanol–water partition coefficient (Wildman–Crippen LogP) is 0.772. The van der Waals surface area contributed by atoms with Crippen LogP contribution in [0.2, 0.25) is 0 Å². The minimum Gasteiger partial charge on any atom is -0.481 e. The van der Waals surface area contributed by atoms with E-state index >= 15 is 0 Å². The summed E-state index contributed by atoms with van der Waals surface area (Å²) in [6, 6.07) is -5.17. The number of amides is 4. The number of rotatable bonds is 32. The maximum atomic E-state index is 13.6. The number of fused-ring (bicyclic) bond motifs is 1. The number of ether oxygens (including phenoxy) is 1. The van der Waals surface area contributed by atoms with Crippen LogP contribution in [0.4, 0.5) is 5.82 Å². The van der Waals surface area contributed by atoms with Gasteiger partial charge in [0.05, 0.1) is 43.0 Å². The minimum absolute atomic E-state index is 0.00333. The van der Waals surface area contributed by atoms with Crippen LogP contribution in [-0.4, -0.2) is 157 Å². The van der Waals surface area contributed by atoms with E-state index in [0.717, 1.165) is 6.33 Å². The second-order valence-corrected chi connectivity index (χ2v) is 24.0. The van der Waals surface area contributed by atoms with Crippen molar-refractivity contribution in [1.82, 2.24) is 35.8 Å². The van der Waals surface area contributed by atoms with E-state index in [4.69, 9.17) is 30.9 Å². The summed E-state index contributed by atoms with van der Waals surface area (Å²) in [5.74, 6) is -2.18. The van der Waals surface area contributed by atoms with Crippen molar-refractivity contribution < 1.29 is 105 Å². The van der Waals surface area contributed by atoms with Crippen LogP contribution in [0.15, 0.2) is 17.6 Å². The van der Waals surface area contributed by atoms with Crippen molar-refractivity contribution in [2.45, 2.75) is 113 Å². The van der Waals surface area contributed by atoms with Crippen molar-refractivity contribution in [3.8, 4) is 11.8 Å². The number of nitrogen functional groups attached to an aromatic ring is 1. The fraction of sp³-hybridized carbons (Fsp3) is 0.595. The van der Waals surface area contributed by atoms with Crippen LogP contribution in [0, 0.1) is 11.8 Å². The number of unbranched alkanes of at least 4 members (excludes halogenated alkanes) is 1. The number of hydrogen-bond acceptors (Lipinski definition) is 21. The number of nitrogens with zero attached hydrogens (tertiary/aromatic N) is 6. The van der Waals surface area contributed by atoms with Crippen LogP contribution < -0.4 is 27.0 Å². The predicted molar refractivity (Wildman–Crippen MR) is 260 cm³/mol. The van der Waals surface area contributed by atoms with Crippen molar-refractivity contribution in [1.29, 1.82) is 0 Å². The Bertz CT molecular complexity index is 2680. The zero-order valence-electron chi connectivity index (χ0n) is 39.5. The molecule has 38 heteroatoms. The summed E-state index contributed by atoms with van der Waals surface area (Å²) < 4.78 is 53.3. The number of carboxylic acid groups (broad SMARTS) is 3. The largest absolute Gasteiger partial charge is 0.490 e. The number of carbonyl (C=O) groups excluding carboxylic acids is 4. The van der Waals surface area contributed by atoms with E-state index in [-0.39, 0.29) is 79.9 Å². The highest BCUT2D eigenvalue weighted by Gasteiger charge is 2.43. The number of aromatic nitrogens is 3. The third-order valence-electron chi connectivity index (χ3n) is 9.93. The highest BCUT2D eigenvalue weighted by molar-refractivity contribution is 8.77. The fourth-order valence-corrected chi connectivity index (χ4v) is 12.1. The van der Waals surface area contributed by atoms with Crippen molar-refractivity contribution in [2.75, 3.05) is 31.2 Å². The Morgan fingerprint density at radius 2 is 1.60 bits per heavy atom. The van der Waals surface area contributed by atoms with Gasteiger partial charge in [-0.3, -0.25) is 33.3 Å². The number of aliphatic carboxylic acids is 3. The molecule has 0 spiro atoms. The van der Waals surface area contributed by atoms with Gasteiger partial charge in [0.2, 0.25) is 23.6 Å². The Labute approximate surface area is 432 Å². The van der Waals surface area contributed by atoms with Gasteiger partial charge in [-0.25, -0.2) is 28.5 Å². The van der Waals surface area contributed by atoms with E-state index in [1.54, 1.807) is 0 Å². The van der Waals surface area contributed by atoms with Gasteiger partial charge in [-0.2, -0.15) is 8.62 Å². The number of aliphatic hydroxyl groups excluding tert-OH is 1. The number of anilines is 1. The molecule has 3 rings (SSSR count). The Balaban J connectivity index is 1.59. The quantitative estimate of drug-likeness (QED) is 0.00915. The molecule has 3 heterocycles. The summed E-state index contributed by atoms with van der Waals surface area (Å²) in [4.78, 5) is 134. The van der Waals surface area contributed by atoms with Gasteiger partial charge < -0.3 is 76.3 Å². The average Bonchev–Trinajstić information content (AvgIpc) is 3.85. The Morgan fingerprint density at radius 1 is 0.947 bits per heavy atom. The molecule has 14 N–H and O–H groups in total. The minimum atomic E-state index is -5.79. The summed E-state index contributed by atoms with van der Waals surface area (Å²) >= 11 is 0. The molecule has 1 saturated heterocycles. The van der Waals surface area contributed by atoms with E-state index in [0.29, 0.717) is 12.2 Å². The first-order chi connectivity index (χ1) is 34.9. The van der Waals surface area contributed by atoms with Crippen molar-refractivity contribution in [3.05, 3.63) is 28.5 Å². The molecule has 2 aromatic heterocycles. The normalized spacial score (nSPS) is 18.4. The molecule has 0 bridgehead atoms. The van der Waals surface area contributed by atoms with Crippen LogP contribution in [0.25, 0.3) is 21.5 Å². The molecule has 8 atom stereocenters. The highest BCUT2D eigenvalue weighted by atomic mass is 33.1. The van der Waals surface area contributed by atoms with Gasteiger partial charge in [0.1, 0.15) is 48.2 Å². The van der Waals surface area contributed by atoms with E-state index in [1.807, 2.05) is 19.2 Å². The number of nitrogens with two attached hydrogens (primary N) is 1. The lowest BCUT2D eigenvalue weighted by Gasteiger charge is -2.27. The summed E-state index contributed by atoms with van der Waals surface area (Å²) in [5.41, 5.74) is 15.1. The van der Waals surface area contributed by atoms with Crippen LogP contribution in [0.1, 0.15) is 83.4 Å². The molecule has 1 aliphatic rings. The second-order valence-electron chi connectivity index (χ2n) is 16.4. The average molecular weight is 1160 g/mol. The fourth-order valence-electron chi connectivity index (χ4n) is 6.52. The lowest BCUT2D eigenvalue weighted by Crippen LogP contribution is -2.56. The molecular formula is C37H54N11O22P3S2. The smallest absolute Gasteiger partial charge is 0.481 e. The van der Waals surface area contributed by atoms with Crippen molar-refractivity contribution >= 4 is 103 Å². The van der Waals surface area contributed by atoms with Crippen LogP contribution in [0.5, 0.6) is 0 Å². The van der Waals surface area contributed by atoms with E-state index < -0.39 is 120 Å². The van der Waals surface area contributed by atoms with Crippen LogP contribution in [0.3, 0.4) is 0 Å². The molecule has 0 aliphatic carbocycles.